The number of aromatic amines is 1. The van der Waals surface area contributed by atoms with E-state index in [0.29, 0.717) is 10.3 Å². The van der Waals surface area contributed by atoms with Gasteiger partial charge in [0.1, 0.15) is 10.7 Å². The third-order valence-electron chi connectivity index (χ3n) is 4.94. The van der Waals surface area contributed by atoms with Crippen LogP contribution in [0.25, 0.3) is 11.0 Å². The van der Waals surface area contributed by atoms with Gasteiger partial charge in [-0.1, -0.05) is 55.4 Å². The van der Waals surface area contributed by atoms with Gasteiger partial charge in [0.05, 0.1) is 17.9 Å². The van der Waals surface area contributed by atoms with E-state index in [2.05, 4.69) is 15.2 Å². The quantitative estimate of drug-likeness (QED) is 0.720. The molecule has 1 N–H and O–H groups in total. The highest BCUT2D eigenvalue weighted by Gasteiger charge is 2.28. The van der Waals surface area contributed by atoms with Crippen molar-refractivity contribution in [1.82, 2.24) is 24.6 Å². The predicted octanol–water partition coefficient (Wildman–Crippen LogP) is 3.48. The van der Waals surface area contributed by atoms with E-state index >= 15 is 0 Å². The zero-order valence-corrected chi connectivity index (χ0v) is 15.3. The minimum Gasteiger partial charge on any atom is -0.341 e. The van der Waals surface area contributed by atoms with Gasteiger partial charge in [0.25, 0.3) is 0 Å². The largest absolute Gasteiger partial charge is 0.341 e. The number of rotatable bonds is 3. The number of nitrogens with zero attached hydrogens (tertiary/aromatic N) is 4. The molecule has 0 unspecified atom stereocenters. The second-order valence-electron chi connectivity index (χ2n) is 6.64. The van der Waals surface area contributed by atoms with E-state index in [1.54, 1.807) is 17.1 Å². The fraction of sp³-hybridized carbons (Fsp3) is 0.368. The molecule has 4 rings (SSSR count). The number of fused-ring (bicyclic) bond motifs is 1. The summed E-state index contributed by atoms with van der Waals surface area (Å²) in [6.07, 6.45) is 7.79. The van der Waals surface area contributed by atoms with Gasteiger partial charge in [-0.3, -0.25) is 9.89 Å². The van der Waals surface area contributed by atoms with Crippen molar-refractivity contribution in [2.24, 2.45) is 0 Å². The molecular weight excluding hydrogens is 346 g/mol. The molecule has 0 radical (unpaired) electrons. The summed E-state index contributed by atoms with van der Waals surface area (Å²) in [6.45, 7) is 1.60. The molecule has 3 heterocycles. The second-order valence-corrected chi connectivity index (χ2v) is 7.03. The Labute approximate surface area is 156 Å². The van der Waals surface area contributed by atoms with Gasteiger partial charge in [0.2, 0.25) is 5.91 Å². The lowest BCUT2D eigenvalue weighted by Gasteiger charge is -2.28. The van der Waals surface area contributed by atoms with Crippen molar-refractivity contribution in [2.75, 3.05) is 13.1 Å². The van der Waals surface area contributed by atoms with Crippen LogP contribution in [0.15, 0.2) is 42.9 Å². The van der Waals surface area contributed by atoms with E-state index in [1.807, 2.05) is 35.2 Å². The molecule has 1 saturated heterocycles. The molecule has 6 nitrogen and oxygen atoms in total. The fourth-order valence-electron chi connectivity index (χ4n) is 3.55. The van der Waals surface area contributed by atoms with Crippen LogP contribution in [0.4, 0.5) is 0 Å². The van der Waals surface area contributed by atoms with Gasteiger partial charge in [0, 0.05) is 13.1 Å². The normalized spacial score (nSPS) is 16.4. The number of H-pyrrole nitrogens is 1. The van der Waals surface area contributed by atoms with E-state index in [9.17, 15) is 4.79 Å². The van der Waals surface area contributed by atoms with Gasteiger partial charge < -0.3 is 9.47 Å². The lowest BCUT2D eigenvalue weighted by Crippen LogP contribution is -2.38. The molecule has 7 heteroatoms. The van der Waals surface area contributed by atoms with Crippen LogP contribution in [-0.2, 0) is 4.79 Å². The summed E-state index contributed by atoms with van der Waals surface area (Å²) >= 11 is 5.66. The molecular formula is C19H21N5OS. The SMILES string of the molecule is O=C([C@H](c1ccccc1)n1cnc2[nH]ncc2c1=S)N1CCCCCC1. The molecule has 2 aromatic heterocycles. The highest BCUT2D eigenvalue weighted by atomic mass is 32.1. The smallest absolute Gasteiger partial charge is 0.250 e. The zero-order valence-electron chi connectivity index (χ0n) is 14.5. The fourth-order valence-corrected chi connectivity index (χ4v) is 3.85. The van der Waals surface area contributed by atoms with Crippen LogP contribution in [0.3, 0.4) is 0 Å². The number of likely N-dealkylation sites (tertiary alicyclic amines) is 1. The first-order chi connectivity index (χ1) is 12.8. The minimum atomic E-state index is -0.506. The van der Waals surface area contributed by atoms with Crippen LogP contribution < -0.4 is 0 Å². The summed E-state index contributed by atoms with van der Waals surface area (Å²) in [5, 5.41) is 7.61. The highest BCUT2D eigenvalue weighted by Crippen LogP contribution is 2.25. The molecule has 1 amide bonds. The number of hydrogen-bond donors (Lipinski definition) is 1. The maximum Gasteiger partial charge on any atom is 0.250 e. The Morgan fingerprint density at radius 2 is 1.85 bits per heavy atom. The molecule has 3 aromatic rings. The van der Waals surface area contributed by atoms with Gasteiger partial charge in [-0.15, -0.1) is 0 Å². The standard InChI is InChI=1S/C19H21N5OS/c25-18(23-10-6-1-2-7-11-23)16(14-8-4-3-5-9-14)24-13-20-17-15(19(24)26)12-21-22-17/h3-5,8-9,12-13,16H,1-2,6-7,10-11H2,(H,21,22)/t16-/m0/s1. The van der Waals surface area contributed by atoms with Crippen molar-refractivity contribution in [1.29, 1.82) is 0 Å². The topological polar surface area (TPSA) is 66.8 Å². The second kappa shape index (κ2) is 7.37. The Morgan fingerprint density at radius 1 is 1.12 bits per heavy atom. The lowest BCUT2D eigenvalue weighted by molar-refractivity contribution is -0.133. The van der Waals surface area contributed by atoms with E-state index in [4.69, 9.17) is 12.2 Å². The summed E-state index contributed by atoms with van der Waals surface area (Å²) < 4.78 is 2.37. The van der Waals surface area contributed by atoms with E-state index in [-0.39, 0.29) is 5.91 Å². The first-order valence-electron chi connectivity index (χ1n) is 8.99. The van der Waals surface area contributed by atoms with Crippen LogP contribution in [0.1, 0.15) is 37.3 Å². The van der Waals surface area contributed by atoms with Crippen LogP contribution in [0.2, 0.25) is 0 Å². The highest BCUT2D eigenvalue weighted by molar-refractivity contribution is 7.71. The van der Waals surface area contributed by atoms with Gasteiger partial charge in [-0.25, -0.2) is 4.98 Å². The van der Waals surface area contributed by atoms with Gasteiger partial charge in [-0.2, -0.15) is 5.10 Å². The van der Waals surface area contributed by atoms with Gasteiger partial charge in [0.15, 0.2) is 5.65 Å². The summed E-state index contributed by atoms with van der Waals surface area (Å²) in [4.78, 5) is 19.9. The zero-order chi connectivity index (χ0) is 17.9. The Morgan fingerprint density at radius 3 is 2.58 bits per heavy atom. The van der Waals surface area contributed by atoms with Crippen molar-refractivity contribution in [3.63, 3.8) is 0 Å². The molecule has 0 bridgehead atoms. The van der Waals surface area contributed by atoms with E-state index < -0.39 is 6.04 Å². The molecule has 0 saturated carbocycles. The van der Waals surface area contributed by atoms with Crippen LogP contribution in [0, 0.1) is 4.64 Å². The summed E-state index contributed by atoms with van der Waals surface area (Å²) in [5.41, 5.74) is 1.56. The number of benzene rings is 1. The minimum absolute atomic E-state index is 0.0823. The molecule has 1 atom stereocenters. The Bertz CT molecular complexity index is 957. The molecule has 0 aliphatic carbocycles. The van der Waals surface area contributed by atoms with E-state index in [0.717, 1.165) is 36.9 Å². The van der Waals surface area contributed by atoms with Crippen molar-refractivity contribution in [2.45, 2.75) is 31.7 Å². The lowest BCUT2D eigenvalue weighted by atomic mass is 10.0. The van der Waals surface area contributed by atoms with Crippen molar-refractivity contribution >= 4 is 29.2 Å². The number of hydrogen-bond acceptors (Lipinski definition) is 4. The van der Waals surface area contributed by atoms with Crippen LogP contribution in [0.5, 0.6) is 0 Å². The maximum atomic E-state index is 13.5. The Kier molecular flexibility index (Phi) is 4.79. The van der Waals surface area contributed by atoms with Crippen molar-refractivity contribution in [3.05, 3.63) is 53.1 Å². The number of carbonyl (C=O) groups excluding carboxylic acids is 1. The monoisotopic (exact) mass is 367 g/mol. The van der Waals surface area contributed by atoms with Crippen LogP contribution >= 0.6 is 12.2 Å². The third-order valence-corrected chi connectivity index (χ3v) is 5.37. The van der Waals surface area contributed by atoms with Crippen LogP contribution in [-0.4, -0.2) is 43.6 Å². The number of aromatic nitrogens is 4. The van der Waals surface area contributed by atoms with Gasteiger partial charge in [-0.05, 0) is 18.4 Å². The summed E-state index contributed by atoms with van der Waals surface area (Å²) in [7, 11) is 0. The molecule has 134 valence electrons. The summed E-state index contributed by atoms with van der Waals surface area (Å²) in [6, 6.07) is 9.29. The number of carbonyl (C=O) groups is 1. The first-order valence-corrected chi connectivity index (χ1v) is 9.40. The molecule has 1 fully saturated rings. The van der Waals surface area contributed by atoms with Crippen molar-refractivity contribution < 1.29 is 4.79 Å². The molecule has 1 aromatic carbocycles. The molecule has 26 heavy (non-hydrogen) atoms. The number of amides is 1. The first kappa shape index (κ1) is 16.9. The molecule has 0 spiro atoms. The number of nitrogens with one attached hydrogen (secondary N) is 1. The average Bonchev–Trinajstić information content (AvgIpc) is 2.99. The molecule has 1 aliphatic heterocycles. The molecule has 1 aliphatic rings. The maximum absolute atomic E-state index is 13.5. The van der Waals surface area contributed by atoms with Gasteiger partial charge >= 0.3 is 0 Å². The van der Waals surface area contributed by atoms with E-state index in [1.165, 1.54) is 12.8 Å². The third kappa shape index (κ3) is 3.14. The van der Waals surface area contributed by atoms with Crippen molar-refractivity contribution in [3.8, 4) is 0 Å². The Balaban J connectivity index is 1.81. The predicted molar refractivity (Wildman–Crippen MR) is 102 cm³/mol. The summed E-state index contributed by atoms with van der Waals surface area (Å²) in [5.74, 6) is 0.0823. The average molecular weight is 367 g/mol. The Hall–Kier alpha value is -2.54.